The van der Waals surface area contributed by atoms with Crippen LogP contribution < -0.4 is 11.5 Å². The van der Waals surface area contributed by atoms with Crippen molar-refractivity contribution in [1.82, 2.24) is 0 Å². The SMILES string of the molecule is CC(C)C(C)C=CC(C)C1CCC2C3=CC=C4CC(OC(=O)c5cc(N)cc(N)c5)CCC4(C)C3CCC21C. The summed E-state index contributed by atoms with van der Waals surface area (Å²) in [5.74, 6) is 3.70. The van der Waals surface area contributed by atoms with Crippen LogP contribution in [0.4, 0.5) is 11.4 Å². The number of benzene rings is 1. The lowest BCUT2D eigenvalue weighted by Gasteiger charge is -2.55. The number of hydrogen-bond donors (Lipinski definition) is 2. The van der Waals surface area contributed by atoms with Crippen molar-refractivity contribution in [3.05, 3.63) is 59.2 Å². The van der Waals surface area contributed by atoms with Crippen LogP contribution in [0, 0.1) is 46.3 Å². The van der Waals surface area contributed by atoms with E-state index in [1.165, 1.54) is 31.3 Å². The van der Waals surface area contributed by atoms with Gasteiger partial charge in [-0.1, -0.05) is 77.0 Å². The Morgan fingerprint density at radius 3 is 2.33 bits per heavy atom. The number of allylic oxidation sites excluding steroid dienone is 5. The minimum atomic E-state index is -0.327. The highest BCUT2D eigenvalue weighted by Crippen LogP contribution is 2.66. The van der Waals surface area contributed by atoms with Crippen LogP contribution in [0.15, 0.2) is 53.6 Å². The number of rotatable bonds is 6. The first kappa shape index (κ1) is 28.1. The third kappa shape index (κ3) is 5.09. The predicted molar refractivity (Wildman–Crippen MR) is 162 cm³/mol. The van der Waals surface area contributed by atoms with Crippen LogP contribution in [0.25, 0.3) is 0 Å². The summed E-state index contributed by atoms with van der Waals surface area (Å²) in [5, 5.41) is 0. The Balaban J connectivity index is 1.31. The van der Waals surface area contributed by atoms with Crippen molar-refractivity contribution in [2.75, 3.05) is 11.5 Å². The molecule has 212 valence electrons. The monoisotopic (exact) mass is 530 g/mol. The molecule has 5 rings (SSSR count). The summed E-state index contributed by atoms with van der Waals surface area (Å²) in [7, 11) is 0. The quantitative estimate of drug-likeness (QED) is 0.220. The van der Waals surface area contributed by atoms with Gasteiger partial charge in [0.15, 0.2) is 0 Å². The van der Waals surface area contributed by atoms with Gasteiger partial charge < -0.3 is 16.2 Å². The Morgan fingerprint density at radius 2 is 1.64 bits per heavy atom. The number of fused-ring (bicyclic) bond motifs is 5. The van der Waals surface area contributed by atoms with Crippen LogP contribution >= 0.6 is 0 Å². The zero-order chi connectivity index (χ0) is 28.1. The van der Waals surface area contributed by atoms with E-state index in [1.54, 1.807) is 23.8 Å². The lowest BCUT2D eigenvalue weighted by molar-refractivity contribution is 0.00692. The summed E-state index contributed by atoms with van der Waals surface area (Å²) >= 11 is 0. The second-order valence-corrected chi connectivity index (χ2v) is 14.1. The number of nitrogens with two attached hydrogens (primary N) is 2. The van der Waals surface area contributed by atoms with Crippen LogP contribution in [0.2, 0.25) is 0 Å². The highest BCUT2D eigenvalue weighted by molar-refractivity contribution is 5.91. The number of esters is 1. The summed E-state index contributed by atoms with van der Waals surface area (Å²) in [6.45, 7) is 14.5. The maximum absolute atomic E-state index is 12.9. The van der Waals surface area contributed by atoms with Gasteiger partial charge in [-0.05, 0) is 103 Å². The summed E-state index contributed by atoms with van der Waals surface area (Å²) in [6.07, 6.45) is 17.8. The molecule has 4 N–H and O–H groups in total. The molecule has 39 heavy (non-hydrogen) atoms. The highest BCUT2D eigenvalue weighted by Gasteiger charge is 2.57. The van der Waals surface area contributed by atoms with Crippen LogP contribution in [0.5, 0.6) is 0 Å². The van der Waals surface area contributed by atoms with E-state index in [2.05, 4.69) is 65.8 Å². The zero-order valence-corrected chi connectivity index (χ0v) is 25.0. The van der Waals surface area contributed by atoms with Crippen molar-refractivity contribution < 1.29 is 9.53 Å². The first-order valence-corrected chi connectivity index (χ1v) is 15.4. The Hall–Kier alpha value is -2.49. The zero-order valence-electron chi connectivity index (χ0n) is 25.0. The molecule has 0 heterocycles. The molecule has 0 aliphatic heterocycles. The Kier molecular flexibility index (Phi) is 7.54. The van der Waals surface area contributed by atoms with Crippen LogP contribution in [0.1, 0.15) is 96.8 Å². The molecule has 4 nitrogen and oxygen atoms in total. The van der Waals surface area contributed by atoms with Crippen LogP contribution in [0.3, 0.4) is 0 Å². The lowest BCUT2D eigenvalue weighted by atomic mass is 9.50. The van der Waals surface area contributed by atoms with Crippen molar-refractivity contribution in [1.29, 1.82) is 0 Å². The van der Waals surface area contributed by atoms with Gasteiger partial charge in [0.1, 0.15) is 6.10 Å². The Labute approximate surface area is 236 Å². The topological polar surface area (TPSA) is 78.3 Å². The summed E-state index contributed by atoms with van der Waals surface area (Å²) in [6, 6.07) is 4.96. The first-order valence-electron chi connectivity index (χ1n) is 15.4. The molecule has 8 atom stereocenters. The minimum Gasteiger partial charge on any atom is -0.458 e. The number of nitrogen functional groups attached to an aromatic ring is 2. The predicted octanol–water partition coefficient (Wildman–Crippen LogP) is 8.36. The molecule has 4 aliphatic carbocycles. The van der Waals surface area contributed by atoms with E-state index in [0.717, 1.165) is 25.2 Å². The second kappa shape index (κ2) is 10.5. The van der Waals surface area contributed by atoms with Crippen molar-refractivity contribution in [3.63, 3.8) is 0 Å². The van der Waals surface area contributed by atoms with Gasteiger partial charge in [-0.3, -0.25) is 0 Å². The molecule has 1 aromatic rings. The molecule has 4 aliphatic rings. The van der Waals surface area contributed by atoms with Gasteiger partial charge >= 0.3 is 5.97 Å². The van der Waals surface area contributed by atoms with Crippen molar-refractivity contribution in [3.8, 4) is 0 Å². The van der Waals surface area contributed by atoms with Crippen LogP contribution in [-0.4, -0.2) is 12.1 Å². The molecule has 0 radical (unpaired) electrons. The maximum atomic E-state index is 12.9. The normalized spacial score (nSPS) is 35.5. The van der Waals surface area contributed by atoms with Gasteiger partial charge in [0.25, 0.3) is 0 Å². The molecule has 0 spiro atoms. The summed E-state index contributed by atoms with van der Waals surface area (Å²) in [4.78, 5) is 12.9. The fourth-order valence-electron chi connectivity index (χ4n) is 8.69. The standard InChI is InChI=1S/C35H50N2O2/c1-21(2)22(3)7-8-23(4)30-11-12-31-29-10-9-25-19-28(39-33(38)24-17-26(36)20-27(37)18-24)13-15-34(25,5)32(29)14-16-35(30,31)6/h7-10,17-18,20-23,28,30-32H,11-16,19,36-37H2,1-6H3. The van der Waals surface area contributed by atoms with E-state index in [4.69, 9.17) is 16.2 Å². The molecule has 8 unspecified atom stereocenters. The van der Waals surface area contributed by atoms with Gasteiger partial charge in [-0.15, -0.1) is 0 Å². The van der Waals surface area contributed by atoms with Gasteiger partial charge in [-0.2, -0.15) is 0 Å². The Bertz CT molecular complexity index is 1170. The molecule has 4 heteroatoms. The summed E-state index contributed by atoms with van der Waals surface area (Å²) in [5.41, 5.74) is 16.9. The molecule has 1 aromatic carbocycles. The largest absolute Gasteiger partial charge is 0.458 e. The molecule has 0 amide bonds. The molecular formula is C35H50N2O2. The number of carbonyl (C=O) groups is 1. The number of carbonyl (C=O) groups excluding carboxylic acids is 1. The van der Waals surface area contributed by atoms with Crippen molar-refractivity contribution >= 4 is 17.3 Å². The van der Waals surface area contributed by atoms with E-state index >= 15 is 0 Å². The van der Waals surface area contributed by atoms with E-state index in [0.29, 0.717) is 51.9 Å². The highest BCUT2D eigenvalue weighted by atomic mass is 16.5. The summed E-state index contributed by atoms with van der Waals surface area (Å²) < 4.78 is 5.98. The molecule has 0 saturated heterocycles. The second-order valence-electron chi connectivity index (χ2n) is 14.1. The van der Waals surface area contributed by atoms with E-state index < -0.39 is 0 Å². The molecule has 0 bridgehead atoms. The minimum absolute atomic E-state index is 0.0972. The average Bonchev–Trinajstić information content (AvgIpc) is 3.24. The molecule has 3 fully saturated rings. The molecule has 3 saturated carbocycles. The Morgan fingerprint density at radius 1 is 0.923 bits per heavy atom. The smallest absolute Gasteiger partial charge is 0.338 e. The number of anilines is 2. The van der Waals surface area contributed by atoms with E-state index in [9.17, 15) is 4.79 Å². The molecule has 0 aromatic heterocycles. The fraction of sp³-hybridized carbons (Fsp3) is 0.629. The van der Waals surface area contributed by atoms with Gasteiger partial charge in [0, 0.05) is 17.8 Å². The number of ether oxygens (including phenoxy) is 1. The third-order valence-electron chi connectivity index (χ3n) is 11.5. The lowest BCUT2D eigenvalue weighted by Crippen LogP contribution is -2.46. The van der Waals surface area contributed by atoms with Crippen LogP contribution in [-0.2, 0) is 4.74 Å². The average molecular weight is 531 g/mol. The molecular weight excluding hydrogens is 480 g/mol. The van der Waals surface area contributed by atoms with Gasteiger partial charge in [0.05, 0.1) is 5.56 Å². The van der Waals surface area contributed by atoms with Crippen molar-refractivity contribution in [2.45, 2.75) is 92.6 Å². The fourth-order valence-corrected chi connectivity index (χ4v) is 8.69. The number of hydrogen-bond acceptors (Lipinski definition) is 4. The van der Waals surface area contributed by atoms with E-state index in [-0.39, 0.29) is 17.5 Å². The van der Waals surface area contributed by atoms with Crippen molar-refractivity contribution in [2.24, 2.45) is 46.3 Å². The van der Waals surface area contributed by atoms with Gasteiger partial charge in [0.2, 0.25) is 0 Å². The van der Waals surface area contributed by atoms with Gasteiger partial charge in [-0.25, -0.2) is 4.79 Å². The first-order chi connectivity index (χ1) is 18.4. The van der Waals surface area contributed by atoms with E-state index in [1.807, 2.05) is 0 Å². The maximum Gasteiger partial charge on any atom is 0.338 e. The third-order valence-corrected chi connectivity index (χ3v) is 11.5.